The fourth-order valence-corrected chi connectivity index (χ4v) is 2.22. The third-order valence-electron chi connectivity index (χ3n) is 2.10. The van der Waals surface area contributed by atoms with E-state index in [-0.39, 0.29) is 11.2 Å². The Bertz CT molecular complexity index is 354. The van der Waals surface area contributed by atoms with E-state index in [9.17, 15) is 13.9 Å². The molecular weight excluding hydrogens is 242 g/mol. The van der Waals surface area contributed by atoms with Crippen molar-refractivity contribution in [2.45, 2.75) is 38.0 Å². The zero-order chi connectivity index (χ0) is 13.1. The average Bonchev–Trinajstić information content (AvgIpc) is 2.11. The van der Waals surface area contributed by atoms with Crippen molar-refractivity contribution in [2.24, 2.45) is 0 Å². The summed E-state index contributed by atoms with van der Waals surface area (Å²) in [6.07, 6.45) is -0.307. The van der Waals surface area contributed by atoms with Gasteiger partial charge in [0, 0.05) is 16.6 Å². The summed E-state index contributed by atoms with van der Waals surface area (Å²) >= 11 is 1.63. The second-order valence-corrected chi connectivity index (χ2v) is 6.91. The van der Waals surface area contributed by atoms with E-state index in [0.717, 1.165) is 6.07 Å². The Morgan fingerprint density at radius 3 is 2.18 bits per heavy atom. The van der Waals surface area contributed by atoms with Crippen molar-refractivity contribution >= 4 is 11.8 Å². The first-order chi connectivity index (χ1) is 7.76. The van der Waals surface area contributed by atoms with Crippen LogP contribution in [0.3, 0.4) is 0 Å². The summed E-state index contributed by atoms with van der Waals surface area (Å²) in [6.45, 7) is 6.19. The van der Waals surface area contributed by atoms with Crippen LogP contribution in [-0.2, 0) is 6.42 Å². The minimum Gasteiger partial charge on any atom is -0.392 e. The number of halogens is 2. The quantitative estimate of drug-likeness (QED) is 0.895. The van der Waals surface area contributed by atoms with Crippen LogP contribution in [0.5, 0.6) is 0 Å². The summed E-state index contributed by atoms with van der Waals surface area (Å²) < 4.78 is 25.9. The molecule has 0 aliphatic rings. The smallest absolute Gasteiger partial charge is 0.126 e. The zero-order valence-electron chi connectivity index (χ0n) is 10.3. The van der Waals surface area contributed by atoms with Crippen molar-refractivity contribution in [2.75, 3.05) is 5.75 Å². The van der Waals surface area contributed by atoms with Crippen molar-refractivity contribution in [3.05, 3.63) is 35.4 Å². The van der Waals surface area contributed by atoms with E-state index in [2.05, 4.69) is 20.8 Å². The van der Waals surface area contributed by atoms with Crippen LogP contribution >= 0.6 is 11.8 Å². The summed E-state index contributed by atoms with van der Waals surface area (Å²) in [6, 6.07) is 3.35. The molecular formula is C13H18F2OS. The van der Waals surface area contributed by atoms with Crippen LogP contribution in [0.2, 0.25) is 0 Å². The van der Waals surface area contributed by atoms with Crippen LogP contribution in [0.1, 0.15) is 26.3 Å². The summed E-state index contributed by atoms with van der Waals surface area (Å²) in [7, 11) is 0. The standard InChI is InChI=1S/C13H18F2OS/c1-13(2,3)17-8-12(16)6-9-4-10(14)7-11(15)5-9/h4-5,7,12,16H,6,8H2,1-3H3. The molecule has 1 unspecified atom stereocenters. The predicted octanol–water partition coefficient (Wildman–Crippen LogP) is 3.40. The van der Waals surface area contributed by atoms with Crippen LogP contribution in [0.15, 0.2) is 18.2 Å². The van der Waals surface area contributed by atoms with Gasteiger partial charge in [-0.1, -0.05) is 20.8 Å². The summed E-state index contributed by atoms with van der Waals surface area (Å²) in [5.74, 6) is -0.645. The van der Waals surface area contributed by atoms with Gasteiger partial charge in [0.2, 0.25) is 0 Å². The van der Waals surface area contributed by atoms with E-state index in [1.165, 1.54) is 12.1 Å². The fourth-order valence-electron chi connectivity index (χ4n) is 1.41. The van der Waals surface area contributed by atoms with E-state index < -0.39 is 17.7 Å². The third-order valence-corrected chi connectivity index (χ3v) is 3.52. The topological polar surface area (TPSA) is 20.2 Å². The normalized spacial score (nSPS) is 13.8. The molecule has 96 valence electrons. The molecule has 0 heterocycles. The minimum absolute atomic E-state index is 0.0775. The van der Waals surface area contributed by atoms with Gasteiger partial charge in [-0.05, 0) is 24.1 Å². The Morgan fingerprint density at radius 2 is 1.71 bits per heavy atom. The van der Waals surface area contributed by atoms with Crippen LogP contribution in [0.4, 0.5) is 8.78 Å². The Morgan fingerprint density at radius 1 is 1.18 bits per heavy atom. The van der Waals surface area contributed by atoms with Gasteiger partial charge in [-0.15, -0.1) is 0 Å². The van der Waals surface area contributed by atoms with Crippen LogP contribution in [-0.4, -0.2) is 21.7 Å². The number of benzene rings is 1. The minimum atomic E-state index is -0.601. The summed E-state index contributed by atoms with van der Waals surface area (Å²) in [5, 5.41) is 9.78. The summed E-state index contributed by atoms with van der Waals surface area (Å²) in [4.78, 5) is 0. The van der Waals surface area contributed by atoms with E-state index >= 15 is 0 Å². The van der Waals surface area contributed by atoms with Crippen LogP contribution in [0.25, 0.3) is 0 Å². The molecule has 0 bridgehead atoms. The van der Waals surface area contributed by atoms with E-state index in [1.807, 2.05) is 0 Å². The largest absolute Gasteiger partial charge is 0.392 e. The van der Waals surface area contributed by atoms with Crippen LogP contribution < -0.4 is 0 Å². The molecule has 0 saturated carbocycles. The van der Waals surface area contributed by atoms with Crippen molar-refractivity contribution in [3.63, 3.8) is 0 Å². The number of aliphatic hydroxyl groups is 1. The van der Waals surface area contributed by atoms with E-state index in [0.29, 0.717) is 11.3 Å². The molecule has 1 aromatic carbocycles. The maximum atomic E-state index is 12.9. The van der Waals surface area contributed by atoms with Crippen molar-refractivity contribution < 1.29 is 13.9 Å². The van der Waals surface area contributed by atoms with E-state index in [4.69, 9.17) is 0 Å². The van der Waals surface area contributed by atoms with Gasteiger partial charge in [0.1, 0.15) is 11.6 Å². The number of hydrogen-bond donors (Lipinski definition) is 1. The van der Waals surface area contributed by atoms with Gasteiger partial charge in [-0.25, -0.2) is 8.78 Å². The summed E-state index contributed by atoms with van der Waals surface area (Å²) in [5.41, 5.74) is 0.490. The molecule has 0 aliphatic heterocycles. The molecule has 1 rings (SSSR count). The lowest BCUT2D eigenvalue weighted by molar-refractivity contribution is 0.199. The van der Waals surface area contributed by atoms with Crippen LogP contribution in [0, 0.1) is 11.6 Å². The molecule has 1 atom stereocenters. The lowest BCUT2D eigenvalue weighted by Crippen LogP contribution is -2.19. The monoisotopic (exact) mass is 260 g/mol. The zero-order valence-corrected chi connectivity index (χ0v) is 11.2. The molecule has 0 radical (unpaired) electrons. The number of hydrogen-bond acceptors (Lipinski definition) is 2. The molecule has 0 spiro atoms. The van der Waals surface area contributed by atoms with E-state index in [1.54, 1.807) is 11.8 Å². The number of rotatable bonds is 4. The molecule has 1 N–H and O–H groups in total. The van der Waals surface area contributed by atoms with Gasteiger partial charge in [-0.2, -0.15) is 11.8 Å². The molecule has 0 amide bonds. The predicted molar refractivity (Wildman–Crippen MR) is 68.3 cm³/mol. The van der Waals surface area contributed by atoms with Gasteiger partial charge in [0.25, 0.3) is 0 Å². The fraction of sp³-hybridized carbons (Fsp3) is 0.538. The van der Waals surface area contributed by atoms with Gasteiger partial charge < -0.3 is 5.11 Å². The lowest BCUT2D eigenvalue weighted by Gasteiger charge is -2.20. The van der Waals surface area contributed by atoms with Crippen molar-refractivity contribution in [1.29, 1.82) is 0 Å². The first kappa shape index (κ1) is 14.5. The lowest BCUT2D eigenvalue weighted by atomic mass is 10.1. The highest BCUT2D eigenvalue weighted by molar-refractivity contribution is 8.00. The first-order valence-corrected chi connectivity index (χ1v) is 6.52. The Kier molecular flexibility index (Phi) is 4.95. The molecule has 4 heteroatoms. The Balaban J connectivity index is 2.53. The molecule has 1 nitrogen and oxygen atoms in total. The Hall–Kier alpha value is -0.610. The van der Waals surface area contributed by atoms with Gasteiger partial charge in [-0.3, -0.25) is 0 Å². The molecule has 0 saturated heterocycles. The number of thioether (sulfide) groups is 1. The number of aliphatic hydroxyl groups excluding tert-OH is 1. The second kappa shape index (κ2) is 5.83. The first-order valence-electron chi connectivity index (χ1n) is 5.53. The van der Waals surface area contributed by atoms with Crippen molar-refractivity contribution in [3.8, 4) is 0 Å². The SMILES string of the molecule is CC(C)(C)SCC(O)Cc1cc(F)cc(F)c1. The van der Waals surface area contributed by atoms with Gasteiger partial charge >= 0.3 is 0 Å². The molecule has 0 aromatic heterocycles. The highest BCUT2D eigenvalue weighted by atomic mass is 32.2. The third kappa shape index (κ3) is 6.03. The maximum Gasteiger partial charge on any atom is 0.126 e. The molecule has 0 fully saturated rings. The highest BCUT2D eigenvalue weighted by Gasteiger charge is 2.14. The average molecular weight is 260 g/mol. The molecule has 1 aromatic rings. The molecule has 17 heavy (non-hydrogen) atoms. The van der Waals surface area contributed by atoms with Gasteiger partial charge in [0.15, 0.2) is 0 Å². The highest BCUT2D eigenvalue weighted by Crippen LogP contribution is 2.24. The van der Waals surface area contributed by atoms with Gasteiger partial charge in [0.05, 0.1) is 6.10 Å². The van der Waals surface area contributed by atoms with Crippen molar-refractivity contribution in [1.82, 2.24) is 0 Å². The maximum absolute atomic E-state index is 12.9. The Labute approximate surface area is 105 Å². The second-order valence-electron chi connectivity index (χ2n) is 5.06. The molecule has 0 aliphatic carbocycles.